The SMILES string of the molecule is CCOc1cccc(-c2nc3c(s2)CCN3)c1. The molecule has 1 aliphatic heterocycles. The molecule has 0 amide bonds. The average Bonchev–Trinajstić information content (AvgIpc) is 2.89. The third-order valence-corrected chi connectivity index (χ3v) is 3.90. The molecule has 1 aromatic heterocycles. The maximum atomic E-state index is 5.51. The molecule has 0 bridgehead atoms. The third-order valence-electron chi connectivity index (χ3n) is 2.73. The van der Waals surface area contributed by atoms with Gasteiger partial charge in [-0.1, -0.05) is 12.1 Å². The van der Waals surface area contributed by atoms with Crippen molar-refractivity contribution in [2.45, 2.75) is 13.3 Å². The quantitative estimate of drug-likeness (QED) is 0.903. The Kier molecular flexibility index (Phi) is 2.73. The molecule has 3 rings (SSSR count). The maximum Gasteiger partial charge on any atom is 0.141 e. The number of thiazole rings is 1. The summed E-state index contributed by atoms with van der Waals surface area (Å²) in [7, 11) is 0. The number of nitrogens with one attached hydrogen (secondary N) is 1. The highest BCUT2D eigenvalue weighted by Gasteiger charge is 2.16. The van der Waals surface area contributed by atoms with Gasteiger partial charge >= 0.3 is 0 Å². The summed E-state index contributed by atoms with van der Waals surface area (Å²) in [6.45, 7) is 3.71. The molecule has 0 aliphatic carbocycles. The normalized spacial score (nSPS) is 13.2. The van der Waals surface area contributed by atoms with Gasteiger partial charge in [0.15, 0.2) is 0 Å². The summed E-state index contributed by atoms with van der Waals surface area (Å²) in [6.07, 6.45) is 1.10. The largest absolute Gasteiger partial charge is 0.494 e. The van der Waals surface area contributed by atoms with E-state index in [1.807, 2.05) is 19.1 Å². The molecule has 0 spiro atoms. The van der Waals surface area contributed by atoms with Crippen LogP contribution < -0.4 is 10.1 Å². The highest BCUT2D eigenvalue weighted by atomic mass is 32.1. The van der Waals surface area contributed by atoms with E-state index in [-0.39, 0.29) is 0 Å². The van der Waals surface area contributed by atoms with Gasteiger partial charge < -0.3 is 10.1 Å². The molecule has 2 heterocycles. The smallest absolute Gasteiger partial charge is 0.141 e. The molecule has 0 radical (unpaired) electrons. The van der Waals surface area contributed by atoms with Gasteiger partial charge in [-0.3, -0.25) is 0 Å². The van der Waals surface area contributed by atoms with Gasteiger partial charge in [-0.25, -0.2) is 4.98 Å². The molecule has 4 heteroatoms. The summed E-state index contributed by atoms with van der Waals surface area (Å²) < 4.78 is 5.51. The number of benzene rings is 1. The first-order valence-electron chi connectivity index (χ1n) is 5.83. The number of rotatable bonds is 3. The highest BCUT2D eigenvalue weighted by Crippen LogP contribution is 2.35. The molecule has 3 nitrogen and oxygen atoms in total. The number of ether oxygens (including phenoxy) is 1. The minimum atomic E-state index is 0.694. The van der Waals surface area contributed by atoms with Crippen LogP contribution in [0.25, 0.3) is 10.6 Å². The van der Waals surface area contributed by atoms with Gasteiger partial charge in [-0.15, -0.1) is 11.3 Å². The monoisotopic (exact) mass is 246 g/mol. The minimum absolute atomic E-state index is 0.694. The summed E-state index contributed by atoms with van der Waals surface area (Å²) in [4.78, 5) is 5.98. The summed E-state index contributed by atoms with van der Waals surface area (Å²) in [5.74, 6) is 1.97. The molecule has 0 fully saturated rings. The number of hydrogen-bond donors (Lipinski definition) is 1. The second-order valence-electron chi connectivity index (χ2n) is 3.93. The number of anilines is 1. The molecule has 0 atom stereocenters. The van der Waals surface area contributed by atoms with Crippen LogP contribution in [0.1, 0.15) is 11.8 Å². The summed E-state index contributed by atoms with van der Waals surface area (Å²) in [5, 5.41) is 4.37. The van der Waals surface area contributed by atoms with E-state index in [2.05, 4.69) is 22.4 Å². The van der Waals surface area contributed by atoms with Gasteiger partial charge in [0.2, 0.25) is 0 Å². The van der Waals surface area contributed by atoms with E-state index in [0.717, 1.165) is 35.1 Å². The Hall–Kier alpha value is -1.55. The second-order valence-corrected chi connectivity index (χ2v) is 5.01. The lowest BCUT2D eigenvalue weighted by atomic mass is 10.2. The molecular weight excluding hydrogens is 232 g/mol. The summed E-state index contributed by atoms with van der Waals surface area (Å²) in [6, 6.07) is 8.13. The van der Waals surface area contributed by atoms with Gasteiger partial charge in [0.25, 0.3) is 0 Å². The van der Waals surface area contributed by atoms with Gasteiger partial charge in [0.1, 0.15) is 16.6 Å². The zero-order chi connectivity index (χ0) is 11.7. The Morgan fingerprint density at radius 3 is 3.24 bits per heavy atom. The summed E-state index contributed by atoms with van der Waals surface area (Å²) >= 11 is 1.77. The second kappa shape index (κ2) is 4.37. The van der Waals surface area contributed by atoms with Crippen LogP contribution in [0.2, 0.25) is 0 Å². The molecule has 88 valence electrons. The lowest BCUT2D eigenvalue weighted by molar-refractivity contribution is 0.340. The molecular formula is C13H14N2OS. The minimum Gasteiger partial charge on any atom is -0.494 e. The van der Waals surface area contributed by atoms with Crippen molar-refractivity contribution in [3.05, 3.63) is 29.1 Å². The van der Waals surface area contributed by atoms with Gasteiger partial charge in [0.05, 0.1) is 11.5 Å². The molecule has 0 saturated carbocycles. The van der Waals surface area contributed by atoms with Crippen molar-refractivity contribution in [2.75, 3.05) is 18.5 Å². The maximum absolute atomic E-state index is 5.51. The number of hydrogen-bond acceptors (Lipinski definition) is 4. The van der Waals surface area contributed by atoms with Gasteiger partial charge in [-0.05, 0) is 19.1 Å². The molecule has 0 saturated heterocycles. The molecule has 1 aromatic carbocycles. The van der Waals surface area contributed by atoms with Crippen LogP contribution in [-0.2, 0) is 6.42 Å². The first kappa shape index (κ1) is 10.6. The predicted octanol–water partition coefficient (Wildman–Crippen LogP) is 3.18. The first-order valence-corrected chi connectivity index (χ1v) is 6.65. The third kappa shape index (κ3) is 2.00. The highest BCUT2D eigenvalue weighted by molar-refractivity contribution is 7.15. The predicted molar refractivity (Wildman–Crippen MR) is 70.9 cm³/mol. The zero-order valence-electron chi connectivity index (χ0n) is 9.69. The molecule has 0 unspecified atom stereocenters. The van der Waals surface area contributed by atoms with Crippen LogP contribution in [0, 0.1) is 0 Å². The average molecular weight is 246 g/mol. The van der Waals surface area contributed by atoms with Crippen molar-refractivity contribution in [1.29, 1.82) is 0 Å². The molecule has 1 aliphatic rings. The van der Waals surface area contributed by atoms with Crippen LogP contribution in [0.5, 0.6) is 5.75 Å². The standard InChI is InChI=1S/C13H14N2OS/c1-2-16-10-5-3-4-9(8-10)13-15-12-11(17-13)6-7-14-12/h3-5,8,14H,2,6-7H2,1H3. The first-order chi connectivity index (χ1) is 8.36. The topological polar surface area (TPSA) is 34.1 Å². The van der Waals surface area contributed by atoms with Crippen LogP contribution in [-0.4, -0.2) is 18.1 Å². The van der Waals surface area contributed by atoms with Gasteiger partial charge in [0, 0.05) is 18.5 Å². The van der Waals surface area contributed by atoms with Crippen LogP contribution in [0.4, 0.5) is 5.82 Å². The lowest BCUT2D eigenvalue weighted by Crippen LogP contribution is -1.94. The van der Waals surface area contributed by atoms with Crippen molar-refractivity contribution in [3.8, 4) is 16.3 Å². The van der Waals surface area contributed by atoms with Crippen molar-refractivity contribution in [2.24, 2.45) is 0 Å². The van der Waals surface area contributed by atoms with Crippen molar-refractivity contribution >= 4 is 17.2 Å². The fraction of sp³-hybridized carbons (Fsp3) is 0.308. The Morgan fingerprint density at radius 2 is 2.41 bits per heavy atom. The Balaban J connectivity index is 1.94. The van der Waals surface area contributed by atoms with E-state index in [1.165, 1.54) is 4.88 Å². The number of fused-ring (bicyclic) bond motifs is 1. The Bertz CT molecular complexity index is 514. The van der Waals surface area contributed by atoms with Crippen LogP contribution >= 0.6 is 11.3 Å². The summed E-state index contributed by atoms with van der Waals surface area (Å²) in [5.41, 5.74) is 1.14. The van der Waals surface area contributed by atoms with Crippen molar-refractivity contribution < 1.29 is 4.74 Å². The molecule has 2 aromatic rings. The fourth-order valence-corrected chi connectivity index (χ4v) is 3.00. The van der Waals surface area contributed by atoms with E-state index >= 15 is 0 Å². The Labute approximate surface area is 104 Å². The van der Waals surface area contributed by atoms with E-state index in [9.17, 15) is 0 Å². The van der Waals surface area contributed by atoms with Crippen molar-refractivity contribution in [1.82, 2.24) is 4.98 Å². The Morgan fingerprint density at radius 1 is 1.47 bits per heavy atom. The van der Waals surface area contributed by atoms with Crippen molar-refractivity contribution in [3.63, 3.8) is 0 Å². The molecule has 17 heavy (non-hydrogen) atoms. The van der Waals surface area contributed by atoms with Crippen LogP contribution in [0.3, 0.4) is 0 Å². The fourth-order valence-electron chi connectivity index (χ4n) is 1.96. The van der Waals surface area contributed by atoms with E-state index in [1.54, 1.807) is 11.3 Å². The number of nitrogens with zero attached hydrogens (tertiary/aromatic N) is 1. The van der Waals surface area contributed by atoms with E-state index in [0.29, 0.717) is 6.61 Å². The number of aromatic nitrogens is 1. The van der Waals surface area contributed by atoms with Gasteiger partial charge in [-0.2, -0.15) is 0 Å². The molecule has 1 N–H and O–H groups in total. The lowest BCUT2D eigenvalue weighted by Gasteiger charge is -2.04. The zero-order valence-corrected chi connectivity index (χ0v) is 10.5. The van der Waals surface area contributed by atoms with E-state index in [4.69, 9.17) is 4.74 Å². The van der Waals surface area contributed by atoms with Crippen LogP contribution in [0.15, 0.2) is 24.3 Å². The van der Waals surface area contributed by atoms with E-state index < -0.39 is 0 Å².